The summed E-state index contributed by atoms with van der Waals surface area (Å²) < 4.78 is 50.3. The Morgan fingerprint density at radius 2 is 1.81 bits per heavy atom. The Labute approximate surface area is 88.3 Å². The summed E-state index contributed by atoms with van der Waals surface area (Å²) >= 11 is 0. The van der Waals surface area contributed by atoms with Gasteiger partial charge in [-0.15, -0.1) is 0 Å². The first-order valence-electron chi connectivity index (χ1n) is 4.07. The number of nitrogens with zero attached hydrogens (tertiary/aromatic N) is 2. The molecule has 0 fully saturated rings. The van der Waals surface area contributed by atoms with Crippen molar-refractivity contribution in [2.45, 2.75) is 12.6 Å². The fourth-order valence-electron chi connectivity index (χ4n) is 1.26. The van der Waals surface area contributed by atoms with Crippen LogP contribution in [-0.2, 0) is 12.6 Å². The normalized spacial score (nSPS) is 10.6. The van der Waals surface area contributed by atoms with Crippen LogP contribution in [0.25, 0.3) is 0 Å². The standard InChI is InChI=1S/C10H4F4N2/c11-8-2-1-6(3-4-15)7(5-16)9(8)10(12,13)14/h1-2H,3H2. The van der Waals surface area contributed by atoms with Crippen molar-refractivity contribution < 1.29 is 17.6 Å². The molecule has 0 saturated carbocycles. The average molecular weight is 228 g/mol. The summed E-state index contributed by atoms with van der Waals surface area (Å²) in [5.74, 6) is -1.51. The zero-order valence-electron chi connectivity index (χ0n) is 7.77. The first-order valence-corrected chi connectivity index (χ1v) is 4.07. The maximum Gasteiger partial charge on any atom is 0.420 e. The lowest BCUT2D eigenvalue weighted by atomic mass is 9.99. The second-order valence-electron chi connectivity index (χ2n) is 2.90. The second kappa shape index (κ2) is 4.19. The molecule has 0 radical (unpaired) electrons. The topological polar surface area (TPSA) is 47.6 Å². The number of benzene rings is 1. The summed E-state index contributed by atoms with van der Waals surface area (Å²) in [7, 11) is 0. The minimum Gasteiger partial charge on any atom is -0.206 e. The number of hydrogen-bond acceptors (Lipinski definition) is 2. The molecule has 1 aromatic rings. The smallest absolute Gasteiger partial charge is 0.206 e. The monoisotopic (exact) mass is 228 g/mol. The number of alkyl halides is 3. The molecule has 0 heterocycles. The molecule has 1 rings (SSSR count). The van der Waals surface area contributed by atoms with Gasteiger partial charge in [-0.3, -0.25) is 0 Å². The number of rotatable bonds is 1. The molecule has 0 aromatic heterocycles. The summed E-state index contributed by atoms with van der Waals surface area (Å²) in [5, 5.41) is 17.0. The third-order valence-electron chi connectivity index (χ3n) is 1.91. The van der Waals surface area contributed by atoms with E-state index in [-0.39, 0.29) is 12.0 Å². The van der Waals surface area contributed by atoms with Crippen LogP contribution in [0.1, 0.15) is 16.7 Å². The highest BCUT2D eigenvalue weighted by molar-refractivity contribution is 5.47. The van der Waals surface area contributed by atoms with E-state index in [1.807, 2.05) is 0 Å². The molecular weight excluding hydrogens is 224 g/mol. The van der Waals surface area contributed by atoms with E-state index in [1.165, 1.54) is 6.07 Å². The van der Waals surface area contributed by atoms with Crippen LogP contribution in [0.15, 0.2) is 12.1 Å². The number of hydrogen-bond donors (Lipinski definition) is 0. The van der Waals surface area contributed by atoms with Crippen LogP contribution in [0.5, 0.6) is 0 Å². The van der Waals surface area contributed by atoms with Gasteiger partial charge in [0.25, 0.3) is 0 Å². The first-order chi connectivity index (χ1) is 7.41. The van der Waals surface area contributed by atoms with Crippen LogP contribution in [0.3, 0.4) is 0 Å². The molecule has 2 nitrogen and oxygen atoms in total. The summed E-state index contributed by atoms with van der Waals surface area (Å²) in [6.07, 6.45) is -5.31. The molecule has 82 valence electrons. The lowest BCUT2D eigenvalue weighted by molar-refractivity contribution is -0.140. The molecule has 0 amide bonds. The van der Waals surface area contributed by atoms with Crippen molar-refractivity contribution >= 4 is 0 Å². The van der Waals surface area contributed by atoms with Crippen molar-refractivity contribution in [2.24, 2.45) is 0 Å². The molecule has 1 aromatic carbocycles. The maximum absolute atomic E-state index is 13.0. The summed E-state index contributed by atoms with van der Waals surface area (Å²) in [6, 6.07) is 4.51. The quantitative estimate of drug-likeness (QED) is 0.694. The van der Waals surface area contributed by atoms with Gasteiger partial charge >= 0.3 is 6.18 Å². The van der Waals surface area contributed by atoms with E-state index >= 15 is 0 Å². The minimum atomic E-state index is -4.94. The highest BCUT2D eigenvalue weighted by atomic mass is 19.4. The van der Waals surface area contributed by atoms with E-state index in [0.717, 1.165) is 6.07 Å². The molecule has 0 aliphatic carbocycles. The predicted octanol–water partition coefficient (Wildman–Crippen LogP) is 2.78. The predicted molar refractivity (Wildman–Crippen MR) is 45.4 cm³/mol. The van der Waals surface area contributed by atoms with Crippen molar-refractivity contribution in [3.63, 3.8) is 0 Å². The van der Waals surface area contributed by atoms with Gasteiger partial charge in [0.05, 0.1) is 18.1 Å². The fourth-order valence-corrected chi connectivity index (χ4v) is 1.26. The van der Waals surface area contributed by atoms with Crippen molar-refractivity contribution in [1.82, 2.24) is 0 Å². The highest BCUT2D eigenvalue weighted by Gasteiger charge is 2.38. The van der Waals surface area contributed by atoms with Crippen LogP contribution in [0.4, 0.5) is 17.6 Å². The van der Waals surface area contributed by atoms with Crippen molar-refractivity contribution in [1.29, 1.82) is 10.5 Å². The SMILES string of the molecule is N#CCc1ccc(F)c(C(F)(F)F)c1C#N. The van der Waals surface area contributed by atoms with Crippen LogP contribution < -0.4 is 0 Å². The molecule has 0 spiro atoms. The van der Waals surface area contributed by atoms with E-state index in [1.54, 1.807) is 6.07 Å². The first kappa shape index (κ1) is 12.0. The van der Waals surface area contributed by atoms with E-state index in [9.17, 15) is 17.6 Å². The molecule has 0 bridgehead atoms. The number of nitriles is 2. The largest absolute Gasteiger partial charge is 0.420 e. The van der Waals surface area contributed by atoms with Gasteiger partial charge in [-0.2, -0.15) is 23.7 Å². The Bertz CT molecular complexity index is 491. The van der Waals surface area contributed by atoms with Crippen LogP contribution in [-0.4, -0.2) is 0 Å². The van der Waals surface area contributed by atoms with Gasteiger partial charge in [-0.05, 0) is 11.6 Å². The minimum absolute atomic E-state index is 0.126. The number of halogens is 4. The Balaban J connectivity index is 3.54. The van der Waals surface area contributed by atoms with E-state index in [2.05, 4.69) is 0 Å². The van der Waals surface area contributed by atoms with Crippen LogP contribution in [0, 0.1) is 28.5 Å². The Morgan fingerprint density at radius 3 is 2.25 bits per heavy atom. The lowest BCUT2D eigenvalue weighted by Gasteiger charge is -2.11. The second-order valence-corrected chi connectivity index (χ2v) is 2.90. The third-order valence-corrected chi connectivity index (χ3v) is 1.91. The van der Waals surface area contributed by atoms with Crippen LogP contribution in [0.2, 0.25) is 0 Å². The van der Waals surface area contributed by atoms with E-state index < -0.39 is 23.1 Å². The molecule has 0 atom stereocenters. The van der Waals surface area contributed by atoms with E-state index in [0.29, 0.717) is 6.07 Å². The molecule has 0 aliphatic heterocycles. The molecule has 6 heteroatoms. The van der Waals surface area contributed by atoms with E-state index in [4.69, 9.17) is 10.5 Å². The lowest BCUT2D eigenvalue weighted by Crippen LogP contribution is -2.12. The molecular formula is C10H4F4N2. The summed E-state index contributed by atoms with van der Waals surface area (Å²) in [4.78, 5) is 0. The summed E-state index contributed by atoms with van der Waals surface area (Å²) in [5.41, 5.74) is -2.56. The Hall–Kier alpha value is -2.08. The zero-order valence-corrected chi connectivity index (χ0v) is 7.77. The molecule has 0 aliphatic rings. The van der Waals surface area contributed by atoms with Gasteiger partial charge in [-0.25, -0.2) is 4.39 Å². The molecule has 0 saturated heterocycles. The molecule has 0 unspecified atom stereocenters. The summed E-state index contributed by atoms with van der Waals surface area (Å²) in [6.45, 7) is 0. The Morgan fingerprint density at radius 1 is 1.19 bits per heavy atom. The van der Waals surface area contributed by atoms with Crippen molar-refractivity contribution in [3.8, 4) is 12.1 Å². The average Bonchev–Trinajstić information content (AvgIpc) is 2.18. The zero-order chi connectivity index (χ0) is 12.3. The Kier molecular flexibility index (Phi) is 3.14. The van der Waals surface area contributed by atoms with Gasteiger partial charge in [0.1, 0.15) is 17.4 Å². The van der Waals surface area contributed by atoms with Gasteiger partial charge in [0.2, 0.25) is 0 Å². The van der Waals surface area contributed by atoms with Gasteiger partial charge in [0, 0.05) is 0 Å². The molecule has 0 N–H and O–H groups in total. The van der Waals surface area contributed by atoms with Gasteiger partial charge < -0.3 is 0 Å². The molecule has 16 heavy (non-hydrogen) atoms. The van der Waals surface area contributed by atoms with Gasteiger partial charge in [0.15, 0.2) is 0 Å². The van der Waals surface area contributed by atoms with Gasteiger partial charge in [-0.1, -0.05) is 6.07 Å². The van der Waals surface area contributed by atoms with Crippen molar-refractivity contribution in [2.75, 3.05) is 0 Å². The third kappa shape index (κ3) is 2.12. The van der Waals surface area contributed by atoms with Crippen LogP contribution >= 0.6 is 0 Å². The maximum atomic E-state index is 13.0. The fraction of sp³-hybridized carbons (Fsp3) is 0.200. The van der Waals surface area contributed by atoms with Crippen molar-refractivity contribution in [3.05, 3.63) is 34.6 Å². The highest BCUT2D eigenvalue weighted by Crippen LogP contribution is 2.35.